The van der Waals surface area contributed by atoms with E-state index < -0.39 is 7.82 Å². The quantitative estimate of drug-likeness (QED) is 0.0758. The highest BCUT2D eigenvalue weighted by Gasteiger charge is 2.44. The van der Waals surface area contributed by atoms with Crippen LogP contribution in [0, 0.1) is 0 Å². The molecule has 0 spiro atoms. The number of phosphoric acid groups is 1. The number of nitrogens with zero attached hydrogens (tertiary/aromatic N) is 2. The molecule has 216 valence electrons. The Morgan fingerprint density at radius 1 is 0.722 bits per heavy atom. The lowest BCUT2D eigenvalue weighted by Gasteiger charge is -2.39. The SMILES string of the molecule is CCCCCCCCCCCCCCCC[N+](C)(C)[C@H]1CCC[C@H]1OP(=O)(OC)OCC[N+](C)(C)C. The van der Waals surface area contributed by atoms with Crippen LogP contribution in [0.1, 0.15) is 116 Å². The van der Waals surface area contributed by atoms with Gasteiger partial charge in [-0.15, -0.1) is 0 Å². The van der Waals surface area contributed by atoms with Gasteiger partial charge in [0.25, 0.3) is 0 Å². The average molecular weight is 535 g/mol. The third-order valence-corrected chi connectivity index (χ3v) is 9.38. The van der Waals surface area contributed by atoms with Gasteiger partial charge in [0.2, 0.25) is 0 Å². The van der Waals surface area contributed by atoms with Crippen molar-refractivity contribution in [1.82, 2.24) is 0 Å². The largest absolute Gasteiger partial charge is 0.475 e. The lowest BCUT2D eigenvalue weighted by molar-refractivity contribution is -0.917. The Hall–Kier alpha value is 0.0300. The highest BCUT2D eigenvalue weighted by Crippen LogP contribution is 2.52. The second-order valence-corrected chi connectivity index (χ2v) is 14.4. The molecule has 1 fully saturated rings. The molecular weight excluding hydrogens is 471 g/mol. The number of phosphoric ester groups is 1. The summed E-state index contributed by atoms with van der Waals surface area (Å²) in [5.41, 5.74) is 0. The number of rotatable bonds is 23. The highest BCUT2D eigenvalue weighted by molar-refractivity contribution is 7.48. The van der Waals surface area contributed by atoms with Gasteiger partial charge in [-0.25, -0.2) is 4.57 Å². The van der Waals surface area contributed by atoms with Crippen LogP contribution < -0.4 is 0 Å². The van der Waals surface area contributed by atoms with E-state index in [0.29, 0.717) is 12.6 Å². The summed E-state index contributed by atoms with van der Waals surface area (Å²) in [5, 5.41) is 0. The van der Waals surface area contributed by atoms with Crippen LogP contribution in [-0.2, 0) is 18.1 Å². The van der Waals surface area contributed by atoms with Crippen LogP contribution in [0.2, 0.25) is 0 Å². The molecule has 1 saturated carbocycles. The van der Waals surface area contributed by atoms with Gasteiger partial charge in [-0.2, -0.15) is 0 Å². The zero-order valence-electron chi connectivity index (χ0n) is 25.3. The van der Waals surface area contributed by atoms with Crippen LogP contribution in [0.3, 0.4) is 0 Å². The van der Waals surface area contributed by atoms with E-state index in [1.54, 1.807) is 0 Å². The summed E-state index contributed by atoms with van der Waals surface area (Å²) in [6.07, 6.45) is 22.5. The molecule has 0 bridgehead atoms. The Labute approximate surface area is 225 Å². The third kappa shape index (κ3) is 15.4. The molecule has 1 aliphatic carbocycles. The van der Waals surface area contributed by atoms with Gasteiger partial charge >= 0.3 is 7.82 Å². The maximum absolute atomic E-state index is 13.1. The first-order valence-electron chi connectivity index (χ1n) is 15.1. The van der Waals surface area contributed by atoms with E-state index in [2.05, 4.69) is 42.2 Å². The van der Waals surface area contributed by atoms with Gasteiger partial charge in [0.15, 0.2) is 0 Å². The predicted octanol–water partition coefficient (Wildman–Crippen LogP) is 7.96. The third-order valence-electron chi connectivity index (χ3n) is 7.90. The fourth-order valence-corrected chi connectivity index (χ4v) is 6.56. The molecule has 0 aromatic heterocycles. The fourth-order valence-electron chi connectivity index (χ4n) is 5.43. The second kappa shape index (κ2) is 18.3. The lowest BCUT2D eigenvalue weighted by Crippen LogP contribution is -2.53. The topological polar surface area (TPSA) is 44.8 Å². The van der Waals surface area contributed by atoms with Gasteiger partial charge in [-0.05, 0) is 25.7 Å². The highest BCUT2D eigenvalue weighted by atomic mass is 31.2. The van der Waals surface area contributed by atoms with Crippen molar-refractivity contribution in [2.45, 2.75) is 128 Å². The van der Waals surface area contributed by atoms with E-state index in [4.69, 9.17) is 13.6 Å². The first-order valence-corrected chi connectivity index (χ1v) is 16.6. The summed E-state index contributed by atoms with van der Waals surface area (Å²) in [6, 6.07) is 0.345. The van der Waals surface area contributed by atoms with E-state index in [0.717, 1.165) is 41.3 Å². The van der Waals surface area contributed by atoms with Crippen LogP contribution in [0.25, 0.3) is 0 Å². The molecule has 0 aliphatic heterocycles. The van der Waals surface area contributed by atoms with E-state index in [1.807, 2.05) is 0 Å². The van der Waals surface area contributed by atoms with Crippen molar-refractivity contribution >= 4 is 7.82 Å². The Balaban J connectivity index is 2.23. The normalized spacial score (nSPS) is 20.6. The van der Waals surface area contributed by atoms with Crippen molar-refractivity contribution in [3.8, 4) is 0 Å². The number of hydrogen-bond donors (Lipinski definition) is 0. The van der Waals surface area contributed by atoms with E-state index in [1.165, 1.54) is 97.0 Å². The van der Waals surface area contributed by atoms with Gasteiger partial charge in [0.05, 0.1) is 41.8 Å². The minimum atomic E-state index is -3.52. The molecule has 0 saturated heterocycles. The Kier molecular flexibility index (Phi) is 17.4. The Bertz CT molecular complexity index is 594. The standard InChI is InChI=1S/C29H63N2O4P/c1-8-9-10-11-12-13-14-15-16-17-18-19-20-21-25-31(5,6)28-23-22-24-29(28)35-36(32,33-7)34-27-26-30(2,3)4/h28-29H,8-27H2,1-7H3/q+2/t28-,29+,36?/m0/s1. The molecular formula is C29H63N2O4P+2. The van der Waals surface area contributed by atoms with E-state index in [9.17, 15) is 4.57 Å². The van der Waals surface area contributed by atoms with Gasteiger partial charge in [-0.3, -0.25) is 13.6 Å². The van der Waals surface area contributed by atoms with E-state index in [-0.39, 0.29) is 6.10 Å². The molecule has 3 atom stereocenters. The predicted molar refractivity (Wildman–Crippen MR) is 153 cm³/mol. The minimum Gasteiger partial charge on any atom is -0.329 e. The van der Waals surface area contributed by atoms with Crippen molar-refractivity contribution in [3.05, 3.63) is 0 Å². The molecule has 1 rings (SSSR count). The lowest BCUT2D eigenvalue weighted by atomic mass is 10.0. The minimum absolute atomic E-state index is 0.0680. The van der Waals surface area contributed by atoms with Gasteiger partial charge < -0.3 is 8.97 Å². The maximum atomic E-state index is 13.1. The molecule has 0 aromatic rings. The zero-order chi connectivity index (χ0) is 26.9. The van der Waals surface area contributed by atoms with Gasteiger partial charge in [0.1, 0.15) is 25.3 Å². The molecule has 1 unspecified atom stereocenters. The molecule has 0 radical (unpaired) electrons. The summed E-state index contributed by atoms with van der Waals surface area (Å²) in [5.74, 6) is 0. The smallest absolute Gasteiger partial charge is 0.329 e. The monoisotopic (exact) mass is 534 g/mol. The molecule has 0 amide bonds. The Morgan fingerprint density at radius 3 is 1.69 bits per heavy atom. The number of quaternary nitrogens is 2. The fraction of sp³-hybridized carbons (Fsp3) is 1.00. The van der Waals surface area contributed by atoms with Gasteiger partial charge in [0, 0.05) is 13.5 Å². The average Bonchev–Trinajstić information content (AvgIpc) is 3.27. The van der Waals surface area contributed by atoms with Crippen LogP contribution in [0.15, 0.2) is 0 Å². The van der Waals surface area contributed by atoms with Crippen molar-refractivity contribution in [3.63, 3.8) is 0 Å². The first kappa shape index (κ1) is 34.1. The zero-order valence-corrected chi connectivity index (χ0v) is 26.2. The van der Waals surface area contributed by atoms with Crippen LogP contribution in [0.5, 0.6) is 0 Å². The summed E-state index contributed by atoms with van der Waals surface area (Å²) < 4.78 is 31.8. The Morgan fingerprint density at radius 2 is 1.22 bits per heavy atom. The van der Waals surface area contributed by atoms with E-state index >= 15 is 0 Å². The van der Waals surface area contributed by atoms with Gasteiger partial charge in [-0.1, -0.05) is 84.0 Å². The summed E-state index contributed by atoms with van der Waals surface area (Å²) >= 11 is 0. The molecule has 0 N–H and O–H groups in total. The summed E-state index contributed by atoms with van der Waals surface area (Å²) in [6.45, 7) is 4.55. The summed E-state index contributed by atoms with van der Waals surface area (Å²) in [4.78, 5) is 0. The molecule has 0 aromatic carbocycles. The number of unbranched alkanes of at least 4 members (excludes halogenated alkanes) is 13. The molecule has 7 heteroatoms. The van der Waals surface area contributed by atoms with Crippen LogP contribution in [-0.4, -0.2) is 83.2 Å². The molecule has 6 nitrogen and oxygen atoms in total. The first-order chi connectivity index (χ1) is 17.0. The molecule has 0 heterocycles. The molecule has 36 heavy (non-hydrogen) atoms. The van der Waals surface area contributed by atoms with Crippen LogP contribution in [0.4, 0.5) is 0 Å². The maximum Gasteiger partial charge on any atom is 0.475 e. The van der Waals surface area contributed by atoms with Crippen LogP contribution >= 0.6 is 7.82 Å². The summed E-state index contributed by atoms with van der Waals surface area (Å²) in [7, 11) is 8.80. The van der Waals surface area contributed by atoms with Crippen molar-refractivity contribution in [2.75, 3.05) is 62.0 Å². The molecule has 1 aliphatic rings. The number of hydrogen-bond acceptors (Lipinski definition) is 4. The van der Waals surface area contributed by atoms with Crippen molar-refractivity contribution in [2.24, 2.45) is 0 Å². The van der Waals surface area contributed by atoms with Crippen molar-refractivity contribution in [1.29, 1.82) is 0 Å². The van der Waals surface area contributed by atoms with Crippen molar-refractivity contribution < 1.29 is 27.1 Å². The number of likely N-dealkylation sites (N-methyl/N-ethyl adjacent to an activating group) is 2. The second-order valence-electron chi connectivity index (χ2n) is 12.7.